The fourth-order valence-corrected chi connectivity index (χ4v) is 1.55. The Morgan fingerprint density at radius 1 is 1.53 bits per heavy atom. The SMILES string of the molecule is CCc1ccc(N2CCOCC2=O)nc1. The van der Waals surface area contributed by atoms with Crippen molar-refractivity contribution in [2.75, 3.05) is 24.7 Å². The highest BCUT2D eigenvalue weighted by molar-refractivity contribution is 5.93. The van der Waals surface area contributed by atoms with Crippen LogP contribution in [0.3, 0.4) is 0 Å². The van der Waals surface area contributed by atoms with Gasteiger partial charge in [0.1, 0.15) is 12.4 Å². The molecular weight excluding hydrogens is 192 g/mol. The smallest absolute Gasteiger partial charge is 0.254 e. The zero-order valence-corrected chi connectivity index (χ0v) is 8.77. The van der Waals surface area contributed by atoms with Crippen LogP contribution in [0.25, 0.3) is 0 Å². The summed E-state index contributed by atoms with van der Waals surface area (Å²) in [6, 6.07) is 3.90. The predicted octanol–water partition coefficient (Wildman–Crippen LogP) is 1.01. The molecule has 4 heteroatoms. The summed E-state index contributed by atoms with van der Waals surface area (Å²) in [5.74, 6) is 0.707. The Hall–Kier alpha value is -1.42. The first-order chi connectivity index (χ1) is 7.31. The standard InChI is InChI=1S/C11H14N2O2/c1-2-9-3-4-10(12-7-9)13-5-6-15-8-11(13)14/h3-4,7H,2,5-6,8H2,1H3. The van der Waals surface area contributed by atoms with Crippen LogP contribution in [0, 0.1) is 0 Å². The van der Waals surface area contributed by atoms with Gasteiger partial charge in [0.25, 0.3) is 5.91 Å². The van der Waals surface area contributed by atoms with E-state index in [-0.39, 0.29) is 12.5 Å². The van der Waals surface area contributed by atoms with Gasteiger partial charge in [0.05, 0.1) is 13.2 Å². The molecule has 1 fully saturated rings. The van der Waals surface area contributed by atoms with Gasteiger partial charge in [-0.05, 0) is 18.1 Å². The van der Waals surface area contributed by atoms with Crippen molar-refractivity contribution >= 4 is 11.7 Å². The first-order valence-electron chi connectivity index (χ1n) is 5.14. The van der Waals surface area contributed by atoms with E-state index in [1.54, 1.807) is 4.90 Å². The van der Waals surface area contributed by atoms with Gasteiger partial charge < -0.3 is 4.74 Å². The lowest BCUT2D eigenvalue weighted by Gasteiger charge is -2.25. The highest BCUT2D eigenvalue weighted by Gasteiger charge is 2.20. The molecule has 0 aliphatic carbocycles. The van der Waals surface area contributed by atoms with Crippen LogP contribution in [0.4, 0.5) is 5.82 Å². The molecule has 1 aromatic heterocycles. The number of anilines is 1. The molecule has 1 aliphatic rings. The number of aromatic nitrogens is 1. The van der Waals surface area contributed by atoms with E-state index in [1.165, 1.54) is 5.56 Å². The number of ether oxygens (including phenoxy) is 1. The highest BCUT2D eigenvalue weighted by atomic mass is 16.5. The molecule has 0 saturated carbocycles. The Labute approximate surface area is 88.9 Å². The summed E-state index contributed by atoms with van der Waals surface area (Å²) in [5, 5.41) is 0. The Morgan fingerprint density at radius 2 is 2.40 bits per heavy atom. The van der Waals surface area contributed by atoms with Gasteiger partial charge in [-0.2, -0.15) is 0 Å². The third-order valence-electron chi connectivity index (χ3n) is 2.48. The Kier molecular flexibility index (Phi) is 2.97. The molecule has 0 bridgehead atoms. The predicted molar refractivity (Wildman–Crippen MR) is 56.8 cm³/mol. The summed E-state index contributed by atoms with van der Waals surface area (Å²) in [4.78, 5) is 17.5. The number of pyridine rings is 1. The number of rotatable bonds is 2. The lowest BCUT2D eigenvalue weighted by molar-refractivity contribution is -0.125. The number of aryl methyl sites for hydroxylation is 1. The van der Waals surface area contributed by atoms with Gasteiger partial charge in [-0.1, -0.05) is 13.0 Å². The topological polar surface area (TPSA) is 42.4 Å². The van der Waals surface area contributed by atoms with Crippen molar-refractivity contribution in [1.82, 2.24) is 4.98 Å². The number of hydrogen-bond acceptors (Lipinski definition) is 3. The van der Waals surface area contributed by atoms with Crippen molar-refractivity contribution in [3.05, 3.63) is 23.9 Å². The molecule has 0 aromatic carbocycles. The summed E-state index contributed by atoms with van der Waals surface area (Å²) in [6.07, 6.45) is 2.78. The molecule has 0 spiro atoms. The van der Waals surface area contributed by atoms with Crippen LogP contribution in [0.1, 0.15) is 12.5 Å². The number of amides is 1. The Bertz CT molecular complexity index is 348. The minimum Gasteiger partial charge on any atom is -0.370 e. The normalized spacial score (nSPS) is 16.9. The van der Waals surface area contributed by atoms with Crippen molar-refractivity contribution in [2.45, 2.75) is 13.3 Å². The van der Waals surface area contributed by atoms with Gasteiger partial charge >= 0.3 is 0 Å². The van der Waals surface area contributed by atoms with Crippen LogP contribution in [0.15, 0.2) is 18.3 Å². The fraction of sp³-hybridized carbons (Fsp3) is 0.455. The second kappa shape index (κ2) is 4.40. The number of carbonyl (C=O) groups excluding carboxylic acids is 1. The average Bonchev–Trinajstić information content (AvgIpc) is 2.30. The van der Waals surface area contributed by atoms with Gasteiger partial charge in [-0.25, -0.2) is 4.98 Å². The lowest BCUT2D eigenvalue weighted by atomic mass is 10.2. The molecule has 0 unspecified atom stereocenters. The van der Waals surface area contributed by atoms with Gasteiger partial charge in [-0.15, -0.1) is 0 Å². The molecule has 1 amide bonds. The maximum absolute atomic E-state index is 11.5. The molecule has 1 aromatic rings. The third kappa shape index (κ3) is 2.15. The van der Waals surface area contributed by atoms with Crippen molar-refractivity contribution < 1.29 is 9.53 Å². The van der Waals surface area contributed by atoms with Gasteiger partial charge in [0.15, 0.2) is 0 Å². The van der Waals surface area contributed by atoms with Crippen LogP contribution in [0.5, 0.6) is 0 Å². The van der Waals surface area contributed by atoms with E-state index < -0.39 is 0 Å². The van der Waals surface area contributed by atoms with Gasteiger partial charge in [-0.3, -0.25) is 9.69 Å². The number of morpholine rings is 1. The summed E-state index contributed by atoms with van der Waals surface area (Å²) >= 11 is 0. The Morgan fingerprint density at radius 3 is 3.00 bits per heavy atom. The number of hydrogen-bond donors (Lipinski definition) is 0. The highest BCUT2D eigenvalue weighted by Crippen LogP contribution is 2.13. The quantitative estimate of drug-likeness (QED) is 0.725. The molecule has 15 heavy (non-hydrogen) atoms. The molecule has 2 rings (SSSR count). The second-order valence-corrected chi connectivity index (χ2v) is 3.48. The molecule has 80 valence electrons. The molecule has 2 heterocycles. The lowest BCUT2D eigenvalue weighted by Crippen LogP contribution is -2.42. The zero-order valence-electron chi connectivity index (χ0n) is 8.77. The summed E-state index contributed by atoms with van der Waals surface area (Å²) in [7, 11) is 0. The number of nitrogens with zero attached hydrogens (tertiary/aromatic N) is 2. The Balaban J connectivity index is 2.17. The van der Waals surface area contributed by atoms with E-state index in [4.69, 9.17) is 4.74 Å². The minimum absolute atomic E-state index is 0.0157. The van der Waals surface area contributed by atoms with Crippen LogP contribution in [-0.2, 0) is 16.0 Å². The second-order valence-electron chi connectivity index (χ2n) is 3.48. The summed E-state index contributed by atoms with van der Waals surface area (Å²) in [6.45, 7) is 3.42. The van der Waals surface area contributed by atoms with E-state index in [2.05, 4.69) is 11.9 Å². The van der Waals surface area contributed by atoms with Crippen molar-refractivity contribution in [3.8, 4) is 0 Å². The van der Waals surface area contributed by atoms with Gasteiger partial charge in [0.2, 0.25) is 0 Å². The fourth-order valence-electron chi connectivity index (χ4n) is 1.55. The molecule has 0 radical (unpaired) electrons. The molecular formula is C11H14N2O2. The number of carbonyl (C=O) groups is 1. The zero-order chi connectivity index (χ0) is 10.7. The summed E-state index contributed by atoms with van der Waals surface area (Å²) < 4.78 is 5.06. The van der Waals surface area contributed by atoms with Crippen LogP contribution in [-0.4, -0.2) is 30.6 Å². The van der Waals surface area contributed by atoms with E-state index in [0.29, 0.717) is 13.2 Å². The van der Waals surface area contributed by atoms with E-state index in [9.17, 15) is 4.79 Å². The van der Waals surface area contributed by atoms with Crippen molar-refractivity contribution in [2.24, 2.45) is 0 Å². The monoisotopic (exact) mass is 206 g/mol. The molecule has 1 aliphatic heterocycles. The largest absolute Gasteiger partial charge is 0.370 e. The molecule has 0 N–H and O–H groups in total. The molecule has 0 atom stereocenters. The van der Waals surface area contributed by atoms with Crippen molar-refractivity contribution in [1.29, 1.82) is 0 Å². The van der Waals surface area contributed by atoms with Gasteiger partial charge in [0, 0.05) is 6.20 Å². The van der Waals surface area contributed by atoms with Crippen LogP contribution >= 0.6 is 0 Å². The molecule has 4 nitrogen and oxygen atoms in total. The van der Waals surface area contributed by atoms with Crippen molar-refractivity contribution in [3.63, 3.8) is 0 Å². The average molecular weight is 206 g/mol. The first kappa shape index (κ1) is 10.1. The minimum atomic E-state index is -0.0157. The van der Waals surface area contributed by atoms with E-state index in [0.717, 1.165) is 12.2 Å². The summed E-state index contributed by atoms with van der Waals surface area (Å²) in [5.41, 5.74) is 1.18. The van der Waals surface area contributed by atoms with Crippen LogP contribution in [0.2, 0.25) is 0 Å². The van der Waals surface area contributed by atoms with Crippen LogP contribution < -0.4 is 4.90 Å². The third-order valence-corrected chi connectivity index (χ3v) is 2.48. The van der Waals surface area contributed by atoms with E-state index >= 15 is 0 Å². The maximum Gasteiger partial charge on any atom is 0.254 e. The first-order valence-corrected chi connectivity index (χ1v) is 5.14. The maximum atomic E-state index is 11.5. The molecule has 1 saturated heterocycles. The van der Waals surface area contributed by atoms with E-state index in [1.807, 2.05) is 18.3 Å².